The Labute approximate surface area is 160 Å². The van der Waals surface area contributed by atoms with E-state index in [9.17, 15) is 24.5 Å². The predicted molar refractivity (Wildman–Crippen MR) is 100 cm³/mol. The van der Waals surface area contributed by atoms with Crippen molar-refractivity contribution in [1.82, 2.24) is 0 Å². The molecule has 0 bridgehead atoms. The second-order valence-electron chi connectivity index (χ2n) is 6.10. The molecule has 1 N–H and O–H groups in total. The number of amides is 2. The molecule has 0 saturated carbocycles. The van der Waals surface area contributed by atoms with E-state index in [2.05, 4.69) is 5.32 Å². The number of benzene rings is 2. The highest BCUT2D eigenvalue weighted by Crippen LogP contribution is 2.29. The van der Waals surface area contributed by atoms with Crippen molar-refractivity contribution in [3.8, 4) is 0 Å². The Bertz CT molecular complexity index is 943. The van der Waals surface area contributed by atoms with E-state index in [0.717, 1.165) is 12.5 Å². The van der Waals surface area contributed by atoms with Crippen molar-refractivity contribution in [1.29, 1.82) is 0 Å². The number of hydrogen-bond donors (Lipinski definition) is 1. The van der Waals surface area contributed by atoms with Gasteiger partial charge in [0.25, 0.3) is 11.6 Å². The van der Waals surface area contributed by atoms with Crippen LogP contribution in [0, 0.1) is 10.1 Å². The van der Waals surface area contributed by atoms with Crippen LogP contribution in [0.2, 0.25) is 0 Å². The summed E-state index contributed by atoms with van der Waals surface area (Å²) in [5.41, 5.74) is 0.755. The lowest BCUT2D eigenvalue weighted by Gasteiger charge is -2.19. The molecule has 1 aliphatic heterocycles. The summed E-state index contributed by atoms with van der Waals surface area (Å²) >= 11 is 0. The fourth-order valence-electron chi connectivity index (χ4n) is 2.86. The number of esters is 1. The molecule has 1 aliphatic rings. The van der Waals surface area contributed by atoms with Crippen LogP contribution in [-0.2, 0) is 14.3 Å². The van der Waals surface area contributed by atoms with Crippen molar-refractivity contribution in [2.45, 2.75) is 12.8 Å². The Morgan fingerprint density at radius 3 is 2.68 bits per heavy atom. The molecule has 0 aromatic heterocycles. The van der Waals surface area contributed by atoms with Crippen molar-refractivity contribution in [3.63, 3.8) is 0 Å². The minimum absolute atomic E-state index is 0.0150. The summed E-state index contributed by atoms with van der Waals surface area (Å²) in [6.45, 7) is 0.0112. The molecular formula is C19H17N3O6. The molecular weight excluding hydrogens is 366 g/mol. The van der Waals surface area contributed by atoms with Gasteiger partial charge >= 0.3 is 5.97 Å². The number of rotatable bonds is 6. The molecule has 9 nitrogen and oxygen atoms in total. The van der Waals surface area contributed by atoms with E-state index in [-0.39, 0.29) is 17.2 Å². The standard InChI is InChI=1S/C19H17N3O6/c23-17(12-28-19(25)13-5-3-6-14(11-13)22(26)27)20-15-7-1-2-8-16(15)21-10-4-9-18(21)24/h1-3,5-8,11H,4,9-10,12H2,(H,20,23). The minimum atomic E-state index is -0.846. The first-order valence-electron chi connectivity index (χ1n) is 8.56. The van der Waals surface area contributed by atoms with E-state index in [1.165, 1.54) is 18.2 Å². The molecule has 9 heteroatoms. The molecule has 1 heterocycles. The number of carbonyl (C=O) groups is 3. The van der Waals surface area contributed by atoms with Crippen LogP contribution in [-0.4, -0.2) is 35.9 Å². The van der Waals surface area contributed by atoms with Crippen LogP contribution >= 0.6 is 0 Å². The average molecular weight is 383 g/mol. The van der Waals surface area contributed by atoms with Crippen molar-refractivity contribution < 1.29 is 24.0 Å². The first-order chi connectivity index (χ1) is 13.5. The number of non-ortho nitro benzene ring substituents is 1. The molecule has 0 unspecified atom stereocenters. The predicted octanol–water partition coefficient (Wildman–Crippen LogP) is 2.52. The number of nitrogens with zero attached hydrogens (tertiary/aromatic N) is 2. The quantitative estimate of drug-likeness (QED) is 0.465. The number of carbonyl (C=O) groups excluding carboxylic acids is 3. The van der Waals surface area contributed by atoms with Gasteiger partial charge in [-0.25, -0.2) is 4.79 Å². The van der Waals surface area contributed by atoms with E-state index in [1.807, 2.05) is 0 Å². The Kier molecular flexibility index (Phi) is 5.64. The lowest BCUT2D eigenvalue weighted by atomic mass is 10.2. The third-order valence-corrected chi connectivity index (χ3v) is 4.17. The number of anilines is 2. The molecule has 0 aliphatic carbocycles. The van der Waals surface area contributed by atoms with Crippen molar-refractivity contribution in [2.75, 3.05) is 23.4 Å². The van der Waals surface area contributed by atoms with Gasteiger partial charge in [-0.05, 0) is 24.6 Å². The summed E-state index contributed by atoms with van der Waals surface area (Å²) in [5.74, 6) is -1.45. The highest BCUT2D eigenvalue weighted by molar-refractivity contribution is 6.02. The summed E-state index contributed by atoms with van der Waals surface area (Å²) in [4.78, 5) is 47.9. The van der Waals surface area contributed by atoms with Gasteiger partial charge in [-0.1, -0.05) is 18.2 Å². The monoisotopic (exact) mass is 383 g/mol. The van der Waals surface area contributed by atoms with Gasteiger partial charge < -0.3 is 15.0 Å². The maximum Gasteiger partial charge on any atom is 0.338 e. The summed E-state index contributed by atoms with van der Waals surface area (Å²) in [5, 5.41) is 13.4. The van der Waals surface area contributed by atoms with Crippen LogP contribution in [0.3, 0.4) is 0 Å². The second-order valence-corrected chi connectivity index (χ2v) is 6.10. The molecule has 144 valence electrons. The third-order valence-electron chi connectivity index (χ3n) is 4.17. The van der Waals surface area contributed by atoms with Gasteiger partial charge in [0.1, 0.15) is 0 Å². The molecule has 1 saturated heterocycles. The summed E-state index contributed by atoms with van der Waals surface area (Å²) in [6.07, 6.45) is 1.21. The zero-order valence-corrected chi connectivity index (χ0v) is 14.8. The Balaban J connectivity index is 1.62. The van der Waals surface area contributed by atoms with Crippen LogP contribution < -0.4 is 10.2 Å². The highest BCUT2D eigenvalue weighted by Gasteiger charge is 2.24. The van der Waals surface area contributed by atoms with Crippen LogP contribution in [0.5, 0.6) is 0 Å². The Morgan fingerprint density at radius 1 is 1.18 bits per heavy atom. The van der Waals surface area contributed by atoms with Gasteiger partial charge in [-0.3, -0.25) is 19.7 Å². The second kappa shape index (κ2) is 8.30. The first-order valence-corrected chi connectivity index (χ1v) is 8.56. The van der Waals surface area contributed by atoms with Crippen molar-refractivity contribution in [3.05, 3.63) is 64.2 Å². The SMILES string of the molecule is O=C(COC(=O)c1cccc([N+](=O)[O-])c1)Nc1ccccc1N1CCCC1=O. The maximum absolute atomic E-state index is 12.2. The van der Waals surface area contributed by atoms with Crippen molar-refractivity contribution in [2.24, 2.45) is 0 Å². The molecule has 2 aromatic carbocycles. The van der Waals surface area contributed by atoms with E-state index in [1.54, 1.807) is 29.2 Å². The number of hydrogen-bond acceptors (Lipinski definition) is 6. The maximum atomic E-state index is 12.2. The molecule has 28 heavy (non-hydrogen) atoms. The average Bonchev–Trinajstić information content (AvgIpc) is 3.12. The van der Waals surface area contributed by atoms with Gasteiger partial charge in [0.15, 0.2) is 6.61 Å². The molecule has 1 fully saturated rings. The Hall–Kier alpha value is -3.75. The molecule has 0 atom stereocenters. The van der Waals surface area contributed by atoms with Gasteiger partial charge in [0, 0.05) is 25.1 Å². The topological polar surface area (TPSA) is 119 Å². The number of nitro groups is 1. The van der Waals surface area contributed by atoms with Gasteiger partial charge in [-0.15, -0.1) is 0 Å². The van der Waals surface area contributed by atoms with E-state index < -0.39 is 23.4 Å². The van der Waals surface area contributed by atoms with Gasteiger partial charge in [0.05, 0.1) is 21.9 Å². The van der Waals surface area contributed by atoms with Crippen LogP contribution in [0.1, 0.15) is 23.2 Å². The highest BCUT2D eigenvalue weighted by atomic mass is 16.6. The smallest absolute Gasteiger partial charge is 0.338 e. The van der Waals surface area contributed by atoms with Crippen molar-refractivity contribution >= 4 is 34.8 Å². The number of para-hydroxylation sites is 2. The molecule has 2 amide bonds. The largest absolute Gasteiger partial charge is 0.452 e. The van der Waals surface area contributed by atoms with Gasteiger partial charge in [0.2, 0.25) is 5.91 Å². The lowest BCUT2D eigenvalue weighted by Crippen LogP contribution is -2.27. The zero-order chi connectivity index (χ0) is 20.1. The zero-order valence-electron chi connectivity index (χ0n) is 14.8. The fraction of sp³-hybridized carbons (Fsp3) is 0.211. The number of nitro benzene ring substituents is 1. The summed E-state index contributed by atoms with van der Waals surface area (Å²) in [7, 11) is 0. The van der Waals surface area contributed by atoms with Crippen LogP contribution in [0.25, 0.3) is 0 Å². The first kappa shape index (κ1) is 19.0. The molecule has 0 radical (unpaired) electrons. The lowest BCUT2D eigenvalue weighted by molar-refractivity contribution is -0.384. The molecule has 0 spiro atoms. The van der Waals surface area contributed by atoms with E-state index in [0.29, 0.717) is 24.3 Å². The van der Waals surface area contributed by atoms with E-state index in [4.69, 9.17) is 4.74 Å². The number of nitrogens with one attached hydrogen (secondary N) is 1. The summed E-state index contributed by atoms with van der Waals surface area (Å²) in [6, 6.07) is 11.9. The molecule has 2 aromatic rings. The van der Waals surface area contributed by atoms with Crippen LogP contribution in [0.15, 0.2) is 48.5 Å². The molecule has 3 rings (SSSR count). The third kappa shape index (κ3) is 4.32. The van der Waals surface area contributed by atoms with Gasteiger partial charge in [-0.2, -0.15) is 0 Å². The minimum Gasteiger partial charge on any atom is -0.452 e. The Morgan fingerprint density at radius 2 is 1.96 bits per heavy atom. The summed E-state index contributed by atoms with van der Waals surface area (Å²) < 4.78 is 4.93. The fourth-order valence-corrected chi connectivity index (χ4v) is 2.86. The van der Waals surface area contributed by atoms with E-state index >= 15 is 0 Å². The number of ether oxygens (including phenoxy) is 1. The van der Waals surface area contributed by atoms with Crippen LogP contribution in [0.4, 0.5) is 17.1 Å². The normalized spacial score (nSPS) is 13.3.